The highest BCUT2D eigenvalue weighted by atomic mass is 79.9. The van der Waals surface area contributed by atoms with Gasteiger partial charge in [0.05, 0.1) is 4.90 Å². The van der Waals surface area contributed by atoms with Gasteiger partial charge in [-0.05, 0) is 24.3 Å². The molecule has 1 rings (SSSR count). The number of rotatable bonds is 5. The number of halogens is 4. The number of carboxylic acids is 1. The lowest BCUT2D eigenvalue weighted by Crippen LogP contribution is -2.41. The monoisotopic (exact) mass is 375 g/mol. The fourth-order valence-electron chi connectivity index (χ4n) is 1.33. The number of aliphatic carboxylic acids is 1. The molecule has 20 heavy (non-hydrogen) atoms. The molecule has 0 amide bonds. The summed E-state index contributed by atoms with van der Waals surface area (Å²) in [5.74, 6) is -1.67. The number of benzene rings is 1. The summed E-state index contributed by atoms with van der Waals surface area (Å²) < 4.78 is 61.5. The van der Waals surface area contributed by atoms with Crippen LogP contribution in [-0.2, 0) is 14.8 Å². The van der Waals surface area contributed by atoms with Crippen molar-refractivity contribution in [3.63, 3.8) is 0 Å². The topological polar surface area (TPSA) is 74.7 Å². The van der Waals surface area contributed by atoms with Crippen molar-refractivity contribution in [1.29, 1.82) is 0 Å². The van der Waals surface area contributed by atoms with Gasteiger partial charge < -0.3 is 5.11 Å². The van der Waals surface area contributed by atoms with Gasteiger partial charge in [-0.2, -0.15) is 17.5 Å². The molecule has 0 radical (unpaired) electrons. The average Bonchev–Trinajstić information content (AvgIpc) is 2.26. The number of alkyl halides is 3. The maximum Gasteiger partial charge on any atom is 0.402 e. The van der Waals surface area contributed by atoms with Gasteiger partial charge in [0.1, 0.15) is 13.1 Å². The molecule has 5 nitrogen and oxygen atoms in total. The van der Waals surface area contributed by atoms with Gasteiger partial charge in [-0.1, -0.05) is 15.9 Å². The van der Waals surface area contributed by atoms with E-state index in [1.807, 2.05) is 0 Å². The van der Waals surface area contributed by atoms with Crippen molar-refractivity contribution in [3.8, 4) is 0 Å². The highest BCUT2D eigenvalue weighted by molar-refractivity contribution is 9.10. The summed E-state index contributed by atoms with van der Waals surface area (Å²) in [4.78, 5) is 10.1. The molecule has 0 saturated heterocycles. The van der Waals surface area contributed by atoms with Crippen molar-refractivity contribution in [2.24, 2.45) is 0 Å². The van der Waals surface area contributed by atoms with Crippen LogP contribution in [0.25, 0.3) is 0 Å². The van der Waals surface area contributed by atoms with Gasteiger partial charge in [0.15, 0.2) is 0 Å². The van der Waals surface area contributed by atoms with Crippen molar-refractivity contribution in [2.45, 2.75) is 11.1 Å². The first kappa shape index (κ1) is 16.9. The Morgan fingerprint density at radius 1 is 1.25 bits per heavy atom. The number of carbonyl (C=O) groups is 1. The lowest BCUT2D eigenvalue weighted by Gasteiger charge is -2.21. The molecule has 0 unspecified atom stereocenters. The molecule has 0 atom stereocenters. The lowest BCUT2D eigenvalue weighted by molar-refractivity contribution is -0.146. The van der Waals surface area contributed by atoms with Gasteiger partial charge in [-0.3, -0.25) is 4.79 Å². The summed E-state index contributed by atoms with van der Waals surface area (Å²) >= 11 is 3.06. The highest BCUT2D eigenvalue weighted by Crippen LogP contribution is 2.23. The van der Waals surface area contributed by atoms with E-state index in [9.17, 15) is 26.4 Å². The Bertz CT molecular complexity index is 586. The van der Waals surface area contributed by atoms with Crippen LogP contribution in [0.15, 0.2) is 33.6 Å². The number of nitrogens with zero attached hydrogens (tertiary/aromatic N) is 1. The lowest BCUT2D eigenvalue weighted by atomic mass is 10.4. The predicted octanol–water partition coefficient (Wildman–Crippen LogP) is 2.09. The first-order valence-corrected chi connectivity index (χ1v) is 7.30. The average molecular weight is 376 g/mol. The Hall–Kier alpha value is -1.13. The maximum atomic E-state index is 12.4. The zero-order chi connectivity index (χ0) is 15.6. The molecule has 0 spiro atoms. The minimum Gasteiger partial charge on any atom is -0.480 e. The normalized spacial score (nSPS) is 12.7. The van der Waals surface area contributed by atoms with Crippen LogP contribution in [0.2, 0.25) is 0 Å². The first-order chi connectivity index (χ1) is 9.02. The molecule has 10 heteroatoms. The maximum absolute atomic E-state index is 12.4. The fourth-order valence-corrected chi connectivity index (χ4v) is 2.97. The van der Waals surface area contributed by atoms with E-state index in [0.29, 0.717) is 4.47 Å². The molecule has 0 aliphatic carbocycles. The van der Waals surface area contributed by atoms with Crippen molar-refractivity contribution in [2.75, 3.05) is 13.1 Å². The molecule has 1 N–H and O–H groups in total. The van der Waals surface area contributed by atoms with E-state index >= 15 is 0 Å². The molecule has 0 fully saturated rings. The number of hydrogen-bond donors (Lipinski definition) is 1. The van der Waals surface area contributed by atoms with E-state index in [4.69, 9.17) is 5.11 Å². The minimum atomic E-state index is -4.84. The van der Waals surface area contributed by atoms with Crippen LogP contribution in [0.1, 0.15) is 0 Å². The number of hydrogen-bond acceptors (Lipinski definition) is 3. The van der Waals surface area contributed by atoms with Gasteiger partial charge in [0, 0.05) is 4.47 Å². The summed E-state index contributed by atoms with van der Waals surface area (Å²) in [6.45, 7) is -3.13. The van der Waals surface area contributed by atoms with Crippen LogP contribution in [0, 0.1) is 0 Å². The zero-order valence-electron chi connectivity index (χ0n) is 9.76. The molecule has 0 aliphatic rings. The molecule has 0 aromatic heterocycles. The summed E-state index contributed by atoms with van der Waals surface area (Å²) in [6, 6.07) is 4.84. The van der Waals surface area contributed by atoms with Crippen molar-refractivity contribution < 1.29 is 31.5 Å². The summed E-state index contributed by atoms with van der Waals surface area (Å²) in [5, 5.41) is 8.55. The van der Waals surface area contributed by atoms with Gasteiger partial charge >= 0.3 is 12.1 Å². The quantitative estimate of drug-likeness (QED) is 0.854. The van der Waals surface area contributed by atoms with Crippen LogP contribution in [-0.4, -0.2) is 43.1 Å². The van der Waals surface area contributed by atoms with Gasteiger partial charge in [-0.25, -0.2) is 8.42 Å². The van der Waals surface area contributed by atoms with Crippen LogP contribution in [0.5, 0.6) is 0 Å². The Morgan fingerprint density at radius 3 is 2.15 bits per heavy atom. The smallest absolute Gasteiger partial charge is 0.402 e. The molecule has 1 aromatic rings. The fraction of sp³-hybridized carbons (Fsp3) is 0.300. The number of sulfonamides is 1. The van der Waals surface area contributed by atoms with Crippen molar-refractivity contribution in [3.05, 3.63) is 28.7 Å². The summed E-state index contributed by atoms with van der Waals surface area (Å²) in [7, 11) is -4.53. The van der Waals surface area contributed by atoms with Crippen LogP contribution >= 0.6 is 15.9 Å². The van der Waals surface area contributed by atoms with Gasteiger partial charge in [0.2, 0.25) is 10.0 Å². The third-order valence-electron chi connectivity index (χ3n) is 2.12. The zero-order valence-corrected chi connectivity index (χ0v) is 12.2. The largest absolute Gasteiger partial charge is 0.480 e. The van der Waals surface area contributed by atoms with E-state index < -0.39 is 40.2 Å². The van der Waals surface area contributed by atoms with E-state index in [2.05, 4.69) is 15.9 Å². The molecule has 0 aliphatic heterocycles. The second-order valence-electron chi connectivity index (χ2n) is 3.74. The molecular weight excluding hydrogens is 367 g/mol. The van der Waals surface area contributed by atoms with Crippen molar-refractivity contribution in [1.82, 2.24) is 4.31 Å². The summed E-state index contributed by atoms with van der Waals surface area (Å²) in [5.41, 5.74) is 0. The molecular formula is C10H9BrF3NO4S. The molecule has 0 heterocycles. The predicted molar refractivity (Wildman–Crippen MR) is 66.6 cm³/mol. The molecule has 112 valence electrons. The number of carboxylic acid groups (broad SMARTS) is 1. The minimum absolute atomic E-state index is 0.126. The third-order valence-corrected chi connectivity index (χ3v) is 4.45. The van der Waals surface area contributed by atoms with Gasteiger partial charge in [0.25, 0.3) is 0 Å². The summed E-state index contributed by atoms with van der Waals surface area (Å²) in [6.07, 6.45) is -4.84. The van der Waals surface area contributed by atoms with E-state index in [1.54, 1.807) is 0 Å². The highest BCUT2D eigenvalue weighted by Gasteiger charge is 2.38. The standard InChI is InChI=1S/C10H9BrF3NO4S/c11-7-1-3-8(4-2-7)20(18,19)15(5-9(16)17)6-10(12,13)14/h1-4H,5-6H2,(H,16,17). The Balaban J connectivity index is 3.16. The van der Waals surface area contributed by atoms with Crippen LogP contribution in [0.4, 0.5) is 13.2 Å². The SMILES string of the molecule is O=C(O)CN(CC(F)(F)F)S(=O)(=O)c1ccc(Br)cc1. The molecule has 0 saturated carbocycles. The Kier molecular flexibility index (Phi) is 5.16. The molecule has 1 aromatic carbocycles. The third kappa shape index (κ3) is 4.76. The Morgan fingerprint density at radius 2 is 1.75 bits per heavy atom. The molecule has 0 bridgehead atoms. The van der Waals surface area contributed by atoms with E-state index in [0.717, 1.165) is 12.1 Å². The van der Waals surface area contributed by atoms with Crippen molar-refractivity contribution >= 4 is 31.9 Å². The Labute approximate surface area is 121 Å². The van der Waals surface area contributed by atoms with Crippen LogP contribution < -0.4 is 0 Å². The first-order valence-electron chi connectivity index (χ1n) is 5.06. The second kappa shape index (κ2) is 6.10. The van der Waals surface area contributed by atoms with E-state index in [-0.39, 0.29) is 4.31 Å². The second-order valence-corrected chi connectivity index (χ2v) is 6.59. The van der Waals surface area contributed by atoms with Crippen LogP contribution in [0.3, 0.4) is 0 Å². The van der Waals surface area contributed by atoms with E-state index in [1.165, 1.54) is 12.1 Å². The van der Waals surface area contributed by atoms with Gasteiger partial charge in [-0.15, -0.1) is 0 Å².